The van der Waals surface area contributed by atoms with Gasteiger partial charge in [0.25, 0.3) is 0 Å². The number of aromatic nitrogens is 1. The average molecular weight is 308 g/mol. The maximum atomic E-state index is 12.3. The number of amides is 1. The molecule has 0 unspecified atom stereocenters. The fourth-order valence-electron chi connectivity index (χ4n) is 2.86. The Hall–Kier alpha value is -2.75. The van der Waals surface area contributed by atoms with Crippen LogP contribution in [-0.2, 0) is 11.2 Å². The van der Waals surface area contributed by atoms with E-state index < -0.39 is 0 Å². The van der Waals surface area contributed by atoms with Crippen LogP contribution in [0.4, 0.5) is 5.69 Å². The van der Waals surface area contributed by atoms with Crippen molar-refractivity contribution < 1.29 is 9.53 Å². The van der Waals surface area contributed by atoms with E-state index in [9.17, 15) is 4.79 Å². The van der Waals surface area contributed by atoms with Gasteiger partial charge in [-0.25, -0.2) is 0 Å². The van der Waals surface area contributed by atoms with Gasteiger partial charge in [0.2, 0.25) is 5.91 Å². The minimum Gasteiger partial charge on any atom is -0.497 e. The van der Waals surface area contributed by atoms with E-state index in [1.54, 1.807) is 7.11 Å². The van der Waals surface area contributed by atoms with Crippen molar-refractivity contribution in [1.82, 2.24) is 4.98 Å². The summed E-state index contributed by atoms with van der Waals surface area (Å²) in [4.78, 5) is 15.5. The van der Waals surface area contributed by atoms with Crippen molar-refractivity contribution in [2.75, 3.05) is 12.4 Å². The molecule has 0 saturated carbocycles. The van der Waals surface area contributed by atoms with Gasteiger partial charge in [-0.3, -0.25) is 4.79 Å². The highest BCUT2D eigenvalue weighted by molar-refractivity contribution is 5.96. The van der Waals surface area contributed by atoms with E-state index in [0.29, 0.717) is 6.42 Å². The molecule has 23 heavy (non-hydrogen) atoms. The predicted octanol–water partition coefficient (Wildman–Crippen LogP) is 3.97. The Kier molecular flexibility index (Phi) is 4.06. The minimum absolute atomic E-state index is 0.0290. The quantitative estimate of drug-likeness (QED) is 0.766. The number of fused-ring (bicyclic) bond motifs is 1. The van der Waals surface area contributed by atoms with E-state index in [1.165, 1.54) is 0 Å². The molecule has 4 nitrogen and oxygen atoms in total. The summed E-state index contributed by atoms with van der Waals surface area (Å²) in [6.07, 6.45) is 2.20. The van der Waals surface area contributed by atoms with Crippen molar-refractivity contribution in [3.8, 4) is 5.75 Å². The normalized spacial score (nSPS) is 10.7. The number of aryl methyl sites for hydroxylation is 2. The molecule has 1 amide bonds. The number of ether oxygens (including phenoxy) is 1. The van der Waals surface area contributed by atoms with Crippen LogP contribution in [0.3, 0.4) is 0 Å². The average Bonchev–Trinajstić information content (AvgIpc) is 2.88. The lowest BCUT2D eigenvalue weighted by molar-refractivity contribution is -0.115. The summed E-state index contributed by atoms with van der Waals surface area (Å²) in [6, 6.07) is 11.8. The van der Waals surface area contributed by atoms with Crippen LogP contribution < -0.4 is 10.1 Å². The molecule has 118 valence electrons. The molecule has 0 aliphatic heterocycles. The van der Waals surface area contributed by atoms with E-state index in [1.807, 2.05) is 50.4 Å². The number of benzene rings is 2. The van der Waals surface area contributed by atoms with Crippen LogP contribution in [0.15, 0.2) is 42.6 Å². The SMILES string of the molecule is COc1ccc2[nH]cc(CC(=O)Nc3cc(C)cc(C)c3)c2c1. The van der Waals surface area contributed by atoms with Crippen molar-refractivity contribution in [3.05, 3.63) is 59.3 Å². The van der Waals surface area contributed by atoms with Crippen LogP contribution in [0.25, 0.3) is 10.9 Å². The third-order valence-corrected chi connectivity index (χ3v) is 3.83. The first-order valence-electron chi connectivity index (χ1n) is 7.57. The maximum absolute atomic E-state index is 12.3. The Bertz CT molecular complexity index is 845. The Morgan fingerprint density at radius 3 is 2.57 bits per heavy atom. The third-order valence-electron chi connectivity index (χ3n) is 3.83. The molecule has 2 N–H and O–H groups in total. The number of methoxy groups -OCH3 is 1. The fraction of sp³-hybridized carbons (Fsp3) is 0.211. The summed E-state index contributed by atoms with van der Waals surface area (Å²) in [5.41, 5.74) is 5.07. The molecule has 0 fully saturated rings. The first-order valence-corrected chi connectivity index (χ1v) is 7.57. The van der Waals surface area contributed by atoms with Gasteiger partial charge >= 0.3 is 0 Å². The van der Waals surface area contributed by atoms with Crippen LogP contribution >= 0.6 is 0 Å². The summed E-state index contributed by atoms with van der Waals surface area (Å²) >= 11 is 0. The predicted molar refractivity (Wildman–Crippen MR) is 93.1 cm³/mol. The second-order valence-corrected chi connectivity index (χ2v) is 5.83. The van der Waals surface area contributed by atoms with Crippen LogP contribution in [0.2, 0.25) is 0 Å². The van der Waals surface area contributed by atoms with Gasteiger partial charge in [0.1, 0.15) is 5.75 Å². The van der Waals surface area contributed by atoms with E-state index in [-0.39, 0.29) is 5.91 Å². The molecular formula is C19H20N2O2. The van der Waals surface area contributed by atoms with Crippen molar-refractivity contribution in [3.63, 3.8) is 0 Å². The van der Waals surface area contributed by atoms with Gasteiger partial charge in [0, 0.05) is 22.8 Å². The number of carbonyl (C=O) groups excluding carboxylic acids is 1. The van der Waals surface area contributed by atoms with Crippen molar-refractivity contribution >= 4 is 22.5 Å². The van der Waals surface area contributed by atoms with Crippen molar-refractivity contribution in [2.45, 2.75) is 20.3 Å². The molecule has 1 aromatic heterocycles. The number of anilines is 1. The van der Waals surface area contributed by atoms with Crippen LogP contribution in [0.5, 0.6) is 5.75 Å². The topological polar surface area (TPSA) is 54.1 Å². The molecule has 3 rings (SSSR count). The molecule has 0 bridgehead atoms. The highest BCUT2D eigenvalue weighted by Gasteiger charge is 2.10. The molecule has 0 atom stereocenters. The molecule has 0 radical (unpaired) electrons. The number of hydrogen-bond donors (Lipinski definition) is 2. The van der Waals surface area contributed by atoms with Crippen LogP contribution in [0, 0.1) is 13.8 Å². The van der Waals surface area contributed by atoms with Crippen LogP contribution in [0.1, 0.15) is 16.7 Å². The summed E-state index contributed by atoms with van der Waals surface area (Å²) in [7, 11) is 1.64. The number of hydrogen-bond acceptors (Lipinski definition) is 2. The van der Waals surface area contributed by atoms with Crippen molar-refractivity contribution in [1.29, 1.82) is 0 Å². The zero-order chi connectivity index (χ0) is 16.4. The second-order valence-electron chi connectivity index (χ2n) is 5.83. The number of nitrogens with one attached hydrogen (secondary N) is 2. The van der Waals surface area contributed by atoms with Gasteiger partial charge < -0.3 is 15.0 Å². The monoisotopic (exact) mass is 308 g/mol. The molecular weight excluding hydrogens is 288 g/mol. The van der Waals surface area contributed by atoms with E-state index in [4.69, 9.17) is 4.74 Å². The lowest BCUT2D eigenvalue weighted by Gasteiger charge is -2.07. The summed E-state index contributed by atoms with van der Waals surface area (Å²) in [5.74, 6) is 0.756. The number of H-pyrrole nitrogens is 1. The van der Waals surface area contributed by atoms with Gasteiger partial charge in [-0.1, -0.05) is 6.07 Å². The Labute approximate surface area is 135 Å². The Morgan fingerprint density at radius 1 is 1.13 bits per heavy atom. The lowest BCUT2D eigenvalue weighted by atomic mass is 10.1. The lowest BCUT2D eigenvalue weighted by Crippen LogP contribution is -2.14. The molecule has 0 saturated heterocycles. The zero-order valence-corrected chi connectivity index (χ0v) is 13.6. The van der Waals surface area contributed by atoms with E-state index in [2.05, 4.69) is 16.4 Å². The van der Waals surface area contributed by atoms with E-state index in [0.717, 1.165) is 39.0 Å². The summed E-state index contributed by atoms with van der Waals surface area (Å²) in [6.45, 7) is 4.04. The maximum Gasteiger partial charge on any atom is 0.228 e. The summed E-state index contributed by atoms with van der Waals surface area (Å²) < 4.78 is 5.26. The number of rotatable bonds is 4. The first-order chi connectivity index (χ1) is 11.0. The molecule has 0 spiro atoms. The molecule has 0 aliphatic carbocycles. The number of carbonyl (C=O) groups is 1. The zero-order valence-electron chi connectivity index (χ0n) is 13.6. The van der Waals surface area contributed by atoms with Crippen molar-refractivity contribution in [2.24, 2.45) is 0 Å². The van der Waals surface area contributed by atoms with Gasteiger partial charge in [-0.05, 0) is 60.9 Å². The Morgan fingerprint density at radius 2 is 1.87 bits per heavy atom. The molecule has 2 aromatic carbocycles. The molecule has 4 heteroatoms. The molecule has 3 aromatic rings. The smallest absolute Gasteiger partial charge is 0.228 e. The van der Waals surface area contributed by atoms with Gasteiger partial charge in [0.15, 0.2) is 0 Å². The molecule has 1 heterocycles. The second kappa shape index (κ2) is 6.16. The van der Waals surface area contributed by atoms with Crippen LogP contribution in [-0.4, -0.2) is 18.0 Å². The molecule has 0 aliphatic rings. The first kappa shape index (κ1) is 15.2. The largest absolute Gasteiger partial charge is 0.497 e. The van der Waals surface area contributed by atoms with Gasteiger partial charge in [-0.15, -0.1) is 0 Å². The fourth-order valence-corrected chi connectivity index (χ4v) is 2.86. The summed E-state index contributed by atoms with van der Waals surface area (Å²) in [5, 5.41) is 3.98. The third kappa shape index (κ3) is 3.37. The van der Waals surface area contributed by atoms with E-state index >= 15 is 0 Å². The highest BCUT2D eigenvalue weighted by atomic mass is 16.5. The van der Waals surface area contributed by atoms with Gasteiger partial charge in [0.05, 0.1) is 13.5 Å². The minimum atomic E-state index is -0.0290. The Balaban J connectivity index is 1.80. The van der Waals surface area contributed by atoms with Gasteiger partial charge in [-0.2, -0.15) is 0 Å². The number of aromatic amines is 1. The highest BCUT2D eigenvalue weighted by Crippen LogP contribution is 2.24. The standard InChI is InChI=1S/C19H20N2O2/c1-12-6-13(2)8-15(7-12)21-19(22)9-14-11-20-18-5-4-16(23-3)10-17(14)18/h4-8,10-11,20H,9H2,1-3H3,(H,21,22).